The van der Waals surface area contributed by atoms with E-state index in [1.807, 2.05) is 65.6 Å². The lowest BCUT2D eigenvalue weighted by atomic mass is 9.83. The molecule has 0 radical (unpaired) electrons. The maximum absolute atomic E-state index is 11.0. The Labute approximate surface area is 192 Å². The van der Waals surface area contributed by atoms with Gasteiger partial charge in [-0.1, -0.05) is 72.9 Å². The van der Waals surface area contributed by atoms with Gasteiger partial charge in [-0.05, 0) is 44.0 Å². The van der Waals surface area contributed by atoms with Crippen molar-refractivity contribution in [1.29, 1.82) is 0 Å². The molecule has 0 saturated heterocycles. The summed E-state index contributed by atoms with van der Waals surface area (Å²) in [4.78, 5) is 18.5. The highest BCUT2D eigenvalue weighted by Gasteiger charge is 2.50. The van der Waals surface area contributed by atoms with Crippen molar-refractivity contribution in [3.05, 3.63) is 106 Å². The number of non-ortho nitro benzene ring substituents is 1. The molecule has 6 nitrogen and oxygen atoms in total. The molecular weight excluding hydrogens is 420 g/mol. The minimum atomic E-state index is -0.867. The average Bonchev–Trinajstić information content (AvgIpc) is 3.08. The predicted octanol–water partition coefficient (Wildman–Crippen LogP) is 5.75. The molecule has 32 heavy (non-hydrogen) atoms. The Balaban J connectivity index is 1.88. The number of thiocarbonyl (C=S) groups is 1. The fourth-order valence-corrected chi connectivity index (χ4v) is 4.56. The molecule has 162 valence electrons. The summed E-state index contributed by atoms with van der Waals surface area (Å²) >= 11 is 6.12. The minimum Gasteiger partial charge on any atom is -0.326 e. The second-order valence-electron chi connectivity index (χ2n) is 8.62. The third-order valence-electron chi connectivity index (χ3n) is 5.39. The number of nitrogens with zero attached hydrogens (tertiary/aromatic N) is 3. The van der Waals surface area contributed by atoms with Gasteiger partial charge in [-0.3, -0.25) is 15.0 Å². The van der Waals surface area contributed by atoms with E-state index in [2.05, 4.69) is 26.1 Å². The van der Waals surface area contributed by atoms with Gasteiger partial charge < -0.3 is 5.32 Å². The molecule has 1 N–H and O–H groups in total. The van der Waals surface area contributed by atoms with E-state index in [9.17, 15) is 10.1 Å². The molecule has 0 atom stereocenters. The molecule has 0 spiro atoms. The number of rotatable bonds is 4. The van der Waals surface area contributed by atoms with Crippen molar-refractivity contribution in [2.75, 3.05) is 5.32 Å². The molecule has 7 heteroatoms. The molecule has 0 amide bonds. The molecule has 4 rings (SSSR count). The Hall–Kier alpha value is -3.58. The Morgan fingerprint density at radius 3 is 1.84 bits per heavy atom. The van der Waals surface area contributed by atoms with E-state index in [0.29, 0.717) is 16.6 Å². The van der Waals surface area contributed by atoms with Crippen LogP contribution >= 0.6 is 12.2 Å². The van der Waals surface area contributed by atoms with Crippen LogP contribution in [0.4, 0.5) is 11.4 Å². The molecule has 3 aromatic carbocycles. The molecule has 1 aliphatic heterocycles. The number of aliphatic imine (C=N–C) groups is 1. The monoisotopic (exact) mass is 444 g/mol. The zero-order valence-corrected chi connectivity index (χ0v) is 19.0. The molecule has 1 aliphatic rings. The van der Waals surface area contributed by atoms with Crippen molar-refractivity contribution in [1.82, 2.24) is 4.90 Å². The number of nitro groups is 1. The third kappa shape index (κ3) is 3.76. The lowest BCUT2D eigenvalue weighted by Crippen LogP contribution is -2.51. The van der Waals surface area contributed by atoms with Crippen LogP contribution in [0.3, 0.4) is 0 Å². The first-order chi connectivity index (χ1) is 15.2. The van der Waals surface area contributed by atoms with Crippen LogP contribution in [-0.2, 0) is 5.54 Å². The first-order valence-corrected chi connectivity index (χ1v) is 10.7. The van der Waals surface area contributed by atoms with Crippen molar-refractivity contribution in [2.45, 2.75) is 31.8 Å². The second-order valence-corrected chi connectivity index (χ2v) is 9.00. The summed E-state index contributed by atoms with van der Waals surface area (Å²) in [6.07, 6.45) is 0. The number of benzene rings is 3. The van der Waals surface area contributed by atoms with Gasteiger partial charge in [0.2, 0.25) is 5.96 Å². The van der Waals surface area contributed by atoms with E-state index in [1.165, 1.54) is 12.1 Å². The Bertz CT molecular complexity index is 1130. The van der Waals surface area contributed by atoms with Crippen LogP contribution in [0, 0.1) is 10.1 Å². The van der Waals surface area contributed by atoms with Crippen molar-refractivity contribution < 1.29 is 4.92 Å². The normalized spacial score (nSPS) is 15.4. The van der Waals surface area contributed by atoms with Crippen LogP contribution in [0.1, 0.15) is 31.9 Å². The van der Waals surface area contributed by atoms with Crippen molar-refractivity contribution in [2.24, 2.45) is 4.99 Å². The average molecular weight is 445 g/mol. The summed E-state index contributed by atoms with van der Waals surface area (Å²) < 4.78 is 0. The summed E-state index contributed by atoms with van der Waals surface area (Å²) in [5, 5.41) is 14.4. The van der Waals surface area contributed by atoms with Gasteiger partial charge in [-0.25, -0.2) is 4.99 Å². The maximum atomic E-state index is 11.0. The fourth-order valence-electron chi connectivity index (χ4n) is 3.92. The fraction of sp³-hybridized carbons (Fsp3) is 0.200. The number of hydrogen-bond acceptors (Lipinski definition) is 5. The highest BCUT2D eigenvalue weighted by molar-refractivity contribution is 7.80. The maximum Gasteiger partial charge on any atom is 0.269 e. The summed E-state index contributed by atoms with van der Waals surface area (Å²) in [6.45, 7) is 6.25. The van der Waals surface area contributed by atoms with E-state index in [-0.39, 0.29) is 11.2 Å². The van der Waals surface area contributed by atoms with Gasteiger partial charge in [0.25, 0.3) is 5.69 Å². The van der Waals surface area contributed by atoms with Crippen molar-refractivity contribution in [3.8, 4) is 0 Å². The van der Waals surface area contributed by atoms with Crippen LogP contribution < -0.4 is 5.32 Å². The third-order valence-corrected chi connectivity index (χ3v) is 5.86. The van der Waals surface area contributed by atoms with Gasteiger partial charge in [0.15, 0.2) is 5.54 Å². The van der Waals surface area contributed by atoms with Gasteiger partial charge in [0.05, 0.1) is 4.92 Å². The standard InChI is InChI=1S/C25H24N4O2S/c1-24(2,3)28-22(32)25(18-10-6-4-7-11-18,19-12-8-5-9-13-19)27-23(28)26-20-14-16-21(17-15-20)29(30)31/h4-17H,1-3H3,(H,26,27). The van der Waals surface area contributed by atoms with Crippen LogP contribution in [0.2, 0.25) is 0 Å². The number of nitrogens with one attached hydrogen (secondary N) is 1. The van der Waals surface area contributed by atoms with E-state index in [4.69, 9.17) is 17.2 Å². The predicted molar refractivity (Wildman–Crippen MR) is 132 cm³/mol. The van der Waals surface area contributed by atoms with Gasteiger partial charge in [0.1, 0.15) is 4.99 Å². The lowest BCUT2D eigenvalue weighted by Gasteiger charge is -2.37. The van der Waals surface area contributed by atoms with Gasteiger partial charge in [0, 0.05) is 23.4 Å². The summed E-state index contributed by atoms with van der Waals surface area (Å²) in [5.41, 5.74) is 1.47. The number of anilines is 1. The number of hydrogen-bond donors (Lipinski definition) is 1. The SMILES string of the molecule is CC(C)(C)N1C(=S)C(c2ccccc2)(c2ccccc2)N=C1Nc1ccc([N+](=O)[O-])cc1. The van der Waals surface area contributed by atoms with Gasteiger partial charge in [-0.15, -0.1) is 0 Å². The molecule has 1 heterocycles. The topological polar surface area (TPSA) is 70.8 Å². The zero-order chi connectivity index (χ0) is 22.9. The molecule has 0 fully saturated rings. The molecule has 3 aromatic rings. The minimum absolute atomic E-state index is 0.0371. The summed E-state index contributed by atoms with van der Waals surface area (Å²) in [6, 6.07) is 26.4. The molecule has 0 bridgehead atoms. The smallest absolute Gasteiger partial charge is 0.269 e. The van der Waals surface area contributed by atoms with Crippen LogP contribution in [0.25, 0.3) is 0 Å². The Morgan fingerprint density at radius 1 is 0.906 bits per heavy atom. The Morgan fingerprint density at radius 2 is 1.41 bits per heavy atom. The van der Waals surface area contributed by atoms with E-state index in [0.717, 1.165) is 11.1 Å². The molecule has 0 aliphatic carbocycles. The molecule has 0 unspecified atom stereocenters. The second kappa shape index (κ2) is 8.16. The van der Waals surface area contributed by atoms with E-state index >= 15 is 0 Å². The van der Waals surface area contributed by atoms with Gasteiger partial charge >= 0.3 is 0 Å². The first-order valence-electron chi connectivity index (χ1n) is 10.3. The highest BCUT2D eigenvalue weighted by Crippen LogP contribution is 2.43. The lowest BCUT2D eigenvalue weighted by molar-refractivity contribution is -0.384. The zero-order valence-electron chi connectivity index (χ0n) is 18.1. The summed E-state index contributed by atoms with van der Waals surface area (Å²) in [7, 11) is 0. The molecule has 0 aromatic heterocycles. The van der Waals surface area contributed by atoms with Crippen molar-refractivity contribution >= 4 is 34.5 Å². The van der Waals surface area contributed by atoms with E-state index in [1.54, 1.807) is 12.1 Å². The van der Waals surface area contributed by atoms with Crippen molar-refractivity contribution in [3.63, 3.8) is 0 Å². The highest BCUT2D eigenvalue weighted by atomic mass is 32.1. The number of guanidine groups is 1. The van der Waals surface area contributed by atoms with Gasteiger partial charge in [-0.2, -0.15) is 0 Å². The largest absolute Gasteiger partial charge is 0.326 e. The van der Waals surface area contributed by atoms with Crippen LogP contribution in [0.15, 0.2) is 89.9 Å². The Kier molecular flexibility index (Phi) is 5.52. The van der Waals surface area contributed by atoms with Crippen LogP contribution in [0.5, 0.6) is 0 Å². The quantitative estimate of drug-likeness (QED) is 0.315. The molecule has 0 saturated carbocycles. The van der Waals surface area contributed by atoms with E-state index < -0.39 is 10.5 Å². The van der Waals surface area contributed by atoms with Crippen LogP contribution in [-0.4, -0.2) is 26.3 Å². The molecular formula is C25H24N4O2S. The summed E-state index contributed by atoms with van der Waals surface area (Å²) in [5.74, 6) is 0.601. The first kappa shape index (κ1) is 21.6. The number of nitro benzene ring substituents is 1.